The van der Waals surface area contributed by atoms with Crippen LogP contribution in [0.5, 0.6) is 0 Å². The molecule has 0 spiro atoms. The summed E-state index contributed by atoms with van der Waals surface area (Å²) in [6, 6.07) is 38.7. The summed E-state index contributed by atoms with van der Waals surface area (Å²) in [5.74, 6) is 0. The Balaban J connectivity index is 1.46. The van der Waals surface area contributed by atoms with Gasteiger partial charge in [0.15, 0.2) is 0 Å². The molecule has 6 aromatic rings. The van der Waals surface area contributed by atoms with Crippen molar-refractivity contribution in [1.82, 2.24) is 0 Å². The highest BCUT2D eigenvalue weighted by atomic mass is 35.5. The van der Waals surface area contributed by atoms with Gasteiger partial charge in [-0.2, -0.15) is 0 Å². The van der Waals surface area contributed by atoms with E-state index >= 15 is 0 Å². The molecular weight excluding hydrogens is 506 g/mol. The van der Waals surface area contributed by atoms with Crippen LogP contribution < -0.4 is 4.90 Å². The lowest BCUT2D eigenvalue weighted by molar-refractivity contribution is 1.12. The third-order valence-corrected chi connectivity index (χ3v) is 10.2. The van der Waals surface area contributed by atoms with Gasteiger partial charge in [-0.25, -0.2) is 0 Å². The summed E-state index contributed by atoms with van der Waals surface area (Å²) in [7, 11) is 0. The topological polar surface area (TPSA) is 3.24 Å². The van der Waals surface area contributed by atoms with Crippen LogP contribution in [-0.2, 0) is 0 Å². The number of para-hydroxylation sites is 1. The summed E-state index contributed by atoms with van der Waals surface area (Å²) >= 11 is 12.5. The van der Waals surface area contributed by atoms with Gasteiger partial charge in [-0.15, -0.1) is 11.3 Å². The Morgan fingerprint density at radius 2 is 1.26 bits per heavy atom. The van der Waals surface area contributed by atoms with Crippen molar-refractivity contribution in [2.45, 2.75) is 19.6 Å². The summed E-state index contributed by atoms with van der Waals surface area (Å²) in [6.07, 6.45) is 0. The summed E-state index contributed by atoms with van der Waals surface area (Å²) < 4.78 is 2.59. The lowest BCUT2D eigenvalue weighted by Crippen LogP contribution is -2.12. The van der Waals surface area contributed by atoms with Crippen LogP contribution in [0, 0.1) is 0 Å². The van der Waals surface area contributed by atoms with Crippen molar-refractivity contribution in [2.75, 3.05) is 4.90 Å². The van der Waals surface area contributed by atoms with Gasteiger partial charge in [0.1, 0.15) is 0 Å². The fourth-order valence-electron chi connectivity index (χ4n) is 4.60. The molecule has 0 atom stereocenters. The minimum Gasteiger partial charge on any atom is -0.308 e. The molecule has 0 N–H and O–H groups in total. The maximum Gasteiger partial charge on any atom is 0.0799 e. The van der Waals surface area contributed by atoms with Gasteiger partial charge in [-0.05, 0) is 54.6 Å². The third-order valence-electron chi connectivity index (χ3n) is 6.19. The number of hydrogen-bond acceptors (Lipinski definition) is 4. The second-order valence-electron chi connectivity index (χ2n) is 8.32. The van der Waals surface area contributed by atoms with Crippen molar-refractivity contribution in [2.24, 2.45) is 0 Å². The number of halogens is 1. The predicted molar refractivity (Wildman–Crippen MR) is 154 cm³/mol. The first-order valence-corrected chi connectivity index (χ1v) is 14.1. The van der Waals surface area contributed by atoms with E-state index < -0.39 is 0 Å². The van der Waals surface area contributed by atoms with Crippen LogP contribution in [0.15, 0.2) is 129 Å². The highest BCUT2D eigenvalue weighted by Gasteiger charge is 2.26. The predicted octanol–water partition coefficient (Wildman–Crippen LogP) is 10.8. The molecule has 0 fully saturated rings. The number of nitrogens with zero attached hydrogens (tertiary/aromatic N) is 1. The number of hydrogen-bond donors (Lipinski definition) is 0. The molecule has 7 rings (SSSR count). The molecule has 0 radical (unpaired) electrons. The number of rotatable bonds is 3. The van der Waals surface area contributed by atoms with E-state index in [1.165, 1.54) is 39.8 Å². The molecule has 5 heteroatoms. The average Bonchev–Trinajstić information content (AvgIpc) is 3.28. The van der Waals surface area contributed by atoms with Crippen LogP contribution in [0.1, 0.15) is 0 Å². The Bertz CT molecular complexity index is 1730. The Morgan fingerprint density at radius 1 is 0.543 bits per heavy atom. The Hall–Kier alpha value is -2.89. The van der Waals surface area contributed by atoms with E-state index in [1.807, 2.05) is 29.2 Å². The molecule has 1 aliphatic rings. The van der Waals surface area contributed by atoms with E-state index in [1.54, 1.807) is 11.8 Å². The highest BCUT2D eigenvalue weighted by molar-refractivity contribution is 8.05. The third kappa shape index (κ3) is 3.64. The number of thiophene rings is 1. The minimum atomic E-state index is 0.747. The second-order valence-corrected chi connectivity index (χ2v) is 12.0. The van der Waals surface area contributed by atoms with Crippen LogP contribution in [-0.4, -0.2) is 0 Å². The zero-order valence-corrected chi connectivity index (χ0v) is 21.6. The molecule has 0 amide bonds. The molecule has 2 heterocycles. The van der Waals surface area contributed by atoms with Gasteiger partial charge in [-0.1, -0.05) is 89.7 Å². The van der Waals surface area contributed by atoms with Gasteiger partial charge >= 0.3 is 0 Å². The Morgan fingerprint density at radius 3 is 2.11 bits per heavy atom. The first kappa shape index (κ1) is 21.4. The Kier molecular flexibility index (Phi) is 5.29. The van der Waals surface area contributed by atoms with Crippen LogP contribution in [0.3, 0.4) is 0 Å². The maximum atomic E-state index is 7.00. The highest BCUT2D eigenvalue weighted by Crippen LogP contribution is 2.56. The minimum absolute atomic E-state index is 0.747. The summed E-state index contributed by atoms with van der Waals surface area (Å²) in [5, 5.41) is 3.35. The van der Waals surface area contributed by atoms with Gasteiger partial charge in [0, 0.05) is 46.2 Å². The molecule has 1 aromatic heterocycles. The molecule has 1 aliphatic heterocycles. The molecular formula is C30H18ClNS3. The normalized spacial score (nSPS) is 12.5. The fraction of sp³-hybridized carbons (Fsp3) is 0. The Labute approximate surface area is 221 Å². The summed E-state index contributed by atoms with van der Waals surface area (Å²) in [4.78, 5) is 7.29. The molecule has 168 valence electrons. The van der Waals surface area contributed by atoms with Crippen LogP contribution in [0.4, 0.5) is 17.1 Å². The maximum absolute atomic E-state index is 7.00. The van der Waals surface area contributed by atoms with E-state index in [2.05, 4.69) is 108 Å². The summed E-state index contributed by atoms with van der Waals surface area (Å²) in [6.45, 7) is 0. The zero-order valence-electron chi connectivity index (χ0n) is 18.4. The van der Waals surface area contributed by atoms with Gasteiger partial charge in [-0.3, -0.25) is 0 Å². The molecule has 0 saturated heterocycles. The van der Waals surface area contributed by atoms with Crippen molar-refractivity contribution >= 4 is 83.7 Å². The van der Waals surface area contributed by atoms with E-state index in [9.17, 15) is 0 Å². The quantitative estimate of drug-likeness (QED) is 0.227. The monoisotopic (exact) mass is 523 g/mol. The van der Waals surface area contributed by atoms with Gasteiger partial charge in [0.25, 0.3) is 0 Å². The van der Waals surface area contributed by atoms with E-state index in [4.69, 9.17) is 11.6 Å². The fourth-order valence-corrected chi connectivity index (χ4v) is 8.42. The average molecular weight is 524 g/mol. The first-order chi connectivity index (χ1) is 17.3. The van der Waals surface area contributed by atoms with Crippen molar-refractivity contribution in [3.8, 4) is 0 Å². The van der Waals surface area contributed by atoms with E-state index in [0.29, 0.717) is 0 Å². The van der Waals surface area contributed by atoms with Crippen molar-refractivity contribution in [3.05, 3.63) is 114 Å². The van der Waals surface area contributed by atoms with Crippen molar-refractivity contribution in [1.29, 1.82) is 0 Å². The standard InChI is InChI=1S/C30H18ClNS3/c31-23-16-17-27-30(35-26-13-7-6-12-25(26)34-27)29(23)32(19-8-2-1-3-9-19)20-14-15-22-21-10-4-5-11-24(21)33-28(22)18-20/h1-18H. The van der Waals surface area contributed by atoms with Crippen molar-refractivity contribution < 1.29 is 0 Å². The molecule has 0 unspecified atom stereocenters. The molecule has 5 aromatic carbocycles. The first-order valence-electron chi connectivity index (χ1n) is 11.3. The molecule has 0 bridgehead atoms. The smallest absolute Gasteiger partial charge is 0.0799 e. The number of anilines is 3. The second kappa shape index (κ2) is 8.65. The SMILES string of the molecule is Clc1ccc2c(c1N(c1ccccc1)c1ccc3c(c1)sc1ccccc13)Sc1ccccc1S2. The van der Waals surface area contributed by atoms with Crippen molar-refractivity contribution in [3.63, 3.8) is 0 Å². The number of benzene rings is 5. The van der Waals surface area contributed by atoms with Crippen LogP contribution in [0.25, 0.3) is 20.2 Å². The van der Waals surface area contributed by atoms with Gasteiger partial charge < -0.3 is 4.90 Å². The molecule has 0 saturated carbocycles. The van der Waals surface area contributed by atoms with Gasteiger partial charge in [0.05, 0.1) is 15.6 Å². The molecule has 35 heavy (non-hydrogen) atoms. The summed E-state index contributed by atoms with van der Waals surface area (Å²) in [5.41, 5.74) is 3.23. The van der Waals surface area contributed by atoms with E-state index in [0.717, 1.165) is 22.1 Å². The lowest BCUT2D eigenvalue weighted by Gasteiger charge is -2.31. The molecule has 0 aliphatic carbocycles. The number of fused-ring (bicyclic) bond motifs is 5. The lowest BCUT2D eigenvalue weighted by atomic mass is 10.1. The van der Waals surface area contributed by atoms with Gasteiger partial charge in [0.2, 0.25) is 0 Å². The zero-order chi connectivity index (χ0) is 23.4. The van der Waals surface area contributed by atoms with Crippen LogP contribution in [0.2, 0.25) is 5.02 Å². The van der Waals surface area contributed by atoms with Crippen LogP contribution >= 0.6 is 46.5 Å². The molecule has 1 nitrogen and oxygen atoms in total. The largest absolute Gasteiger partial charge is 0.308 e. The van der Waals surface area contributed by atoms with E-state index in [-0.39, 0.29) is 0 Å².